The molecule has 4 nitrogen and oxygen atoms in total. The van der Waals surface area contributed by atoms with Crippen LogP contribution >= 0.6 is 0 Å². The number of carbonyl (C=O) groups is 1. The van der Waals surface area contributed by atoms with Gasteiger partial charge in [0.2, 0.25) is 5.91 Å². The molecule has 0 aliphatic carbocycles. The van der Waals surface area contributed by atoms with E-state index in [2.05, 4.69) is 18.7 Å². The maximum Gasteiger partial charge on any atom is 0.224 e. The molecule has 1 atom stereocenters. The summed E-state index contributed by atoms with van der Waals surface area (Å²) in [6.07, 6.45) is 2.39. The van der Waals surface area contributed by atoms with Crippen LogP contribution < -0.4 is 5.73 Å². The second kappa shape index (κ2) is 10.3. The molecule has 0 aromatic rings. The van der Waals surface area contributed by atoms with Crippen LogP contribution in [0.4, 0.5) is 0 Å². The van der Waals surface area contributed by atoms with Gasteiger partial charge in [-0.1, -0.05) is 20.8 Å². The summed E-state index contributed by atoms with van der Waals surface area (Å²) in [7, 11) is 0. The number of nitrogens with two attached hydrogens (primary N) is 1. The van der Waals surface area contributed by atoms with Gasteiger partial charge in [0.1, 0.15) is 0 Å². The van der Waals surface area contributed by atoms with E-state index in [0.29, 0.717) is 6.42 Å². The van der Waals surface area contributed by atoms with E-state index in [-0.39, 0.29) is 11.9 Å². The largest absolute Gasteiger partial charge is 0.343 e. The van der Waals surface area contributed by atoms with E-state index in [9.17, 15) is 4.79 Å². The Labute approximate surface area is 113 Å². The number of carbonyl (C=O) groups excluding carboxylic acids is 1. The standard InChI is InChI=1S/C14H31N3O/c1-5-13(15)12-14(18)17(8-4)11-9-10-16(6-2)7-3/h13H,5-12,15H2,1-4H3. The zero-order valence-electron chi connectivity index (χ0n) is 12.6. The first-order valence-corrected chi connectivity index (χ1v) is 7.34. The first kappa shape index (κ1) is 17.4. The van der Waals surface area contributed by atoms with Gasteiger partial charge in [0.05, 0.1) is 0 Å². The molecule has 1 amide bonds. The first-order valence-electron chi connectivity index (χ1n) is 7.34. The van der Waals surface area contributed by atoms with Gasteiger partial charge in [-0.25, -0.2) is 0 Å². The van der Waals surface area contributed by atoms with Crippen molar-refractivity contribution in [3.8, 4) is 0 Å². The SMILES string of the molecule is CCC(N)CC(=O)N(CC)CCCN(CC)CC. The van der Waals surface area contributed by atoms with Crippen LogP contribution in [-0.4, -0.2) is 54.5 Å². The van der Waals surface area contributed by atoms with Crippen LogP contribution in [0.25, 0.3) is 0 Å². The monoisotopic (exact) mass is 257 g/mol. The average molecular weight is 257 g/mol. The summed E-state index contributed by atoms with van der Waals surface area (Å²) in [6.45, 7) is 13.3. The van der Waals surface area contributed by atoms with E-state index < -0.39 is 0 Å². The fraction of sp³-hybridized carbons (Fsp3) is 0.929. The molecule has 4 heteroatoms. The highest BCUT2D eigenvalue weighted by atomic mass is 16.2. The molecule has 18 heavy (non-hydrogen) atoms. The minimum absolute atomic E-state index is 0.00864. The van der Waals surface area contributed by atoms with Gasteiger partial charge in [-0.2, -0.15) is 0 Å². The number of nitrogens with zero attached hydrogens (tertiary/aromatic N) is 2. The highest BCUT2D eigenvalue weighted by molar-refractivity contribution is 5.76. The van der Waals surface area contributed by atoms with Gasteiger partial charge in [0.25, 0.3) is 0 Å². The quantitative estimate of drug-likeness (QED) is 0.648. The molecule has 0 aliphatic rings. The van der Waals surface area contributed by atoms with E-state index >= 15 is 0 Å². The molecular weight excluding hydrogens is 226 g/mol. The average Bonchev–Trinajstić information content (AvgIpc) is 2.38. The summed E-state index contributed by atoms with van der Waals surface area (Å²) < 4.78 is 0. The fourth-order valence-electron chi connectivity index (χ4n) is 1.98. The number of hydrogen-bond acceptors (Lipinski definition) is 3. The molecule has 108 valence electrons. The van der Waals surface area contributed by atoms with Crippen LogP contribution in [-0.2, 0) is 4.79 Å². The van der Waals surface area contributed by atoms with Crippen molar-refractivity contribution in [1.82, 2.24) is 9.80 Å². The molecule has 0 spiro atoms. The summed E-state index contributed by atoms with van der Waals surface area (Å²) in [5, 5.41) is 0. The van der Waals surface area contributed by atoms with Crippen molar-refractivity contribution in [2.45, 2.75) is 53.0 Å². The first-order chi connectivity index (χ1) is 8.58. The summed E-state index contributed by atoms with van der Waals surface area (Å²) in [4.78, 5) is 16.3. The number of amides is 1. The summed E-state index contributed by atoms with van der Waals surface area (Å²) in [5.74, 6) is 0.200. The second-order valence-electron chi connectivity index (χ2n) is 4.73. The van der Waals surface area contributed by atoms with Gasteiger partial charge in [-0.3, -0.25) is 4.79 Å². The van der Waals surface area contributed by atoms with E-state index in [1.165, 1.54) is 0 Å². The maximum atomic E-state index is 12.0. The van der Waals surface area contributed by atoms with E-state index in [4.69, 9.17) is 5.73 Å². The molecule has 0 fully saturated rings. The second-order valence-corrected chi connectivity index (χ2v) is 4.73. The molecule has 0 rings (SSSR count). The summed E-state index contributed by atoms with van der Waals surface area (Å²) in [5.41, 5.74) is 5.83. The molecule has 0 heterocycles. The highest BCUT2D eigenvalue weighted by Gasteiger charge is 2.14. The normalized spacial score (nSPS) is 12.8. The predicted octanol–water partition coefficient (Wildman–Crippen LogP) is 1.69. The minimum atomic E-state index is 0.00864. The number of rotatable bonds is 10. The lowest BCUT2D eigenvalue weighted by Gasteiger charge is -2.24. The third-order valence-electron chi connectivity index (χ3n) is 3.49. The van der Waals surface area contributed by atoms with Crippen LogP contribution in [0.15, 0.2) is 0 Å². The Balaban J connectivity index is 3.99. The minimum Gasteiger partial charge on any atom is -0.343 e. The van der Waals surface area contributed by atoms with Crippen molar-refractivity contribution in [3.05, 3.63) is 0 Å². The lowest BCUT2D eigenvalue weighted by atomic mass is 10.1. The lowest BCUT2D eigenvalue weighted by molar-refractivity contribution is -0.131. The Hall–Kier alpha value is -0.610. The van der Waals surface area contributed by atoms with E-state index in [1.807, 2.05) is 18.7 Å². The van der Waals surface area contributed by atoms with Crippen molar-refractivity contribution >= 4 is 5.91 Å². The van der Waals surface area contributed by atoms with Crippen LogP contribution in [0.5, 0.6) is 0 Å². The molecule has 2 N–H and O–H groups in total. The summed E-state index contributed by atoms with van der Waals surface area (Å²) in [6, 6.07) is 0.00864. The maximum absolute atomic E-state index is 12.0. The van der Waals surface area contributed by atoms with Crippen LogP contribution in [0.1, 0.15) is 47.0 Å². The van der Waals surface area contributed by atoms with Crippen LogP contribution in [0.2, 0.25) is 0 Å². The Kier molecular flexibility index (Phi) is 9.98. The van der Waals surface area contributed by atoms with Crippen molar-refractivity contribution in [2.24, 2.45) is 5.73 Å². The molecular formula is C14H31N3O. The fourth-order valence-corrected chi connectivity index (χ4v) is 1.98. The van der Waals surface area contributed by atoms with Gasteiger partial charge in [0, 0.05) is 25.6 Å². The molecule has 0 saturated carbocycles. The molecule has 0 bridgehead atoms. The molecule has 1 unspecified atom stereocenters. The smallest absolute Gasteiger partial charge is 0.224 e. The van der Waals surface area contributed by atoms with Gasteiger partial charge in [-0.05, 0) is 39.4 Å². The molecule has 0 radical (unpaired) electrons. The lowest BCUT2D eigenvalue weighted by Crippen LogP contribution is -2.37. The third-order valence-corrected chi connectivity index (χ3v) is 3.49. The number of hydrogen-bond donors (Lipinski definition) is 1. The summed E-state index contributed by atoms with van der Waals surface area (Å²) >= 11 is 0. The Morgan fingerprint density at radius 2 is 1.67 bits per heavy atom. The topological polar surface area (TPSA) is 49.6 Å². The molecule has 0 aliphatic heterocycles. The zero-order valence-corrected chi connectivity index (χ0v) is 12.6. The van der Waals surface area contributed by atoms with Crippen molar-refractivity contribution in [2.75, 3.05) is 32.7 Å². The Bertz CT molecular complexity index is 217. The molecule has 0 saturated heterocycles. The molecule has 0 aromatic heterocycles. The van der Waals surface area contributed by atoms with Crippen molar-refractivity contribution in [1.29, 1.82) is 0 Å². The van der Waals surface area contributed by atoms with E-state index in [1.54, 1.807) is 0 Å². The predicted molar refractivity (Wildman–Crippen MR) is 77.5 cm³/mol. The Morgan fingerprint density at radius 3 is 2.11 bits per heavy atom. The van der Waals surface area contributed by atoms with Gasteiger partial charge >= 0.3 is 0 Å². The zero-order chi connectivity index (χ0) is 14.0. The van der Waals surface area contributed by atoms with E-state index in [0.717, 1.165) is 45.6 Å². The molecule has 0 aromatic carbocycles. The van der Waals surface area contributed by atoms with Crippen molar-refractivity contribution < 1.29 is 4.79 Å². The van der Waals surface area contributed by atoms with Gasteiger partial charge in [0.15, 0.2) is 0 Å². The van der Waals surface area contributed by atoms with Crippen LogP contribution in [0, 0.1) is 0 Å². The van der Waals surface area contributed by atoms with Gasteiger partial charge < -0.3 is 15.5 Å². The highest BCUT2D eigenvalue weighted by Crippen LogP contribution is 2.02. The van der Waals surface area contributed by atoms with Crippen molar-refractivity contribution in [3.63, 3.8) is 0 Å². The Morgan fingerprint density at radius 1 is 1.06 bits per heavy atom. The van der Waals surface area contributed by atoms with Gasteiger partial charge in [-0.15, -0.1) is 0 Å². The third kappa shape index (κ3) is 6.97. The van der Waals surface area contributed by atoms with Crippen LogP contribution in [0.3, 0.4) is 0 Å².